The Balaban J connectivity index is 1.68. The number of aromatic nitrogens is 1. The maximum absolute atomic E-state index is 13.1. The van der Waals surface area contributed by atoms with Gasteiger partial charge in [0.05, 0.1) is 11.6 Å². The lowest BCUT2D eigenvalue weighted by Crippen LogP contribution is -2.47. The van der Waals surface area contributed by atoms with Crippen molar-refractivity contribution in [1.82, 2.24) is 15.2 Å². The molecule has 4 heteroatoms. The van der Waals surface area contributed by atoms with E-state index in [4.69, 9.17) is 0 Å². The number of benzene rings is 1. The van der Waals surface area contributed by atoms with E-state index in [-0.39, 0.29) is 11.9 Å². The molecule has 3 atom stereocenters. The predicted molar refractivity (Wildman–Crippen MR) is 93.9 cm³/mol. The molecule has 2 aliphatic rings. The zero-order chi connectivity index (χ0) is 16.4. The largest absolute Gasteiger partial charge is 0.333 e. The number of likely N-dealkylation sites (tertiary alicyclic amines) is 1. The smallest absolute Gasteiger partial charge is 0.255 e. The van der Waals surface area contributed by atoms with Crippen LogP contribution in [0.5, 0.6) is 0 Å². The summed E-state index contributed by atoms with van der Waals surface area (Å²) < 4.78 is 0. The Labute approximate surface area is 142 Å². The van der Waals surface area contributed by atoms with E-state index in [1.54, 1.807) is 12.4 Å². The SMILES string of the molecule is O=C(c1cccnc1)N1CCCC[C@@H]2NC[C@@H](c3ccccc3)[C@@H]21. The lowest BCUT2D eigenvalue weighted by molar-refractivity contribution is 0.0663. The van der Waals surface area contributed by atoms with E-state index in [0.717, 1.165) is 25.9 Å². The maximum atomic E-state index is 13.1. The quantitative estimate of drug-likeness (QED) is 0.925. The van der Waals surface area contributed by atoms with Gasteiger partial charge in [0.15, 0.2) is 0 Å². The summed E-state index contributed by atoms with van der Waals surface area (Å²) in [6.45, 7) is 1.77. The highest BCUT2D eigenvalue weighted by Crippen LogP contribution is 2.35. The van der Waals surface area contributed by atoms with Gasteiger partial charge in [-0.1, -0.05) is 36.8 Å². The molecule has 4 rings (SSSR count). The van der Waals surface area contributed by atoms with Crippen molar-refractivity contribution in [3.05, 3.63) is 66.0 Å². The molecule has 2 aromatic rings. The van der Waals surface area contributed by atoms with Gasteiger partial charge in [-0.05, 0) is 30.5 Å². The van der Waals surface area contributed by atoms with Gasteiger partial charge >= 0.3 is 0 Å². The number of rotatable bonds is 2. The normalized spacial score (nSPS) is 26.7. The lowest BCUT2D eigenvalue weighted by Gasteiger charge is -2.34. The van der Waals surface area contributed by atoms with Crippen LogP contribution in [0.2, 0.25) is 0 Å². The monoisotopic (exact) mass is 321 g/mol. The van der Waals surface area contributed by atoms with Gasteiger partial charge in [0.1, 0.15) is 0 Å². The number of amides is 1. The first-order valence-corrected chi connectivity index (χ1v) is 8.84. The summed E-state index contributed by atoms with van der Waals surface area (Å²) >= 11 is 0. The minimum absolute atomic E-state index is 0.115. The van der Waals surface area contributed by atoms with E-state index in [2.05, 4.69) is 45.5 Å². The van der Waals surface area contributed by atoms with E-state index in [0.29, 0.717) is 17.5 Å². The minimum atomic E-state index is 0.115. The number of hydrogen-bond donors (Lipinski definition) is 1. The molecule has 124 valence electrons. The van der Waals surface area contributed by atoms with Crippen molar-refractivity contribution in [3.63, 3.8) is 0 Å². The Morgan fingerprint density at radius 3 is 2.79 bits per heavy atom. The molecule has 0 radical (unpaired) electrons. The molecule has 4 nitrogen and oxygen atoms in total. The van der Waals surface area contributed by atoms with Gasteiger partial charge in [0, 0.05) is 37.4 Å². The summed E-state index contributed by atoms with van der Waals surface area (Å²) in [6, 6.07) is 14.9. The van der Waals surface area contributed by atoms with Crippen LogP contribution in [0.4, 0.5) is 0 Å². The van der Waals surface area contributed by atoms with Gasteiger partial charge in [-0.2, -0.15) is 0 Å². The second kappa shape index (κ2) is 6.73. The maximum Gasteiger partial charge on any atom is 0.255 e. The van der Waals surface area contributed by atoms with Crippen molar-refractivity contribution < 1.29 is 4.79 Å². The van der Waals surface area contributed by atoms with E-state index in [1.807, 2.05) is 12.1 Å². The van der Waals surface area contributed by atoms with Gasteiger partial charge in [-0.15, -0.1) is 0 Å². The van der Waals surface area contributed by atoms with E-state index >= 15 is 0 Å². The standard InChI is InChI=1S/C20H23N3O/c24-20(16-9-6-11-21-13-16)23-12-5-4-10-18-19(23)17(14-22-18)15-7-2-1-3-8-15/h1-3,6-9,11,13,17-19,22H,4-5,10,12,14H2/t17-,18-,19-/m0/s1. The molecule has 0 bridgehead atoms. The third kappa shape index (κ3) is 2.82. The Kier molecular flexibility index (Phi) is 4.30. The summed E-state index contributed by atoms with van der Waals surface area (Å²) in [5.41, 5.74) is 2.01. The Morgan fingerprint density at radius 2 is 2.00 bits per heavy atom. The second-order valence-electron chi connectivity index (χ2n) is 6.76. The second-order valence-corrected chi connectivity index (χ2v) is 6.76. The first-order chi connectivity index (χ1) is 11.8. The molecule has 24 heavy (non-hydrogen) atoms. The van der Waals surface area contributed by atoms with Gasteiger partial charge in [0.25, 0.3) is 5.91 Å². The third-order valence-corrected chi connectivity index (χ3v) is 5.35. The van der Waals surface area contributed by atoms with Crippen LogP contribution in [0, 0.1) is 0 Å². The Bertz CT molecular complexity index is 689. The van der Waals surface area contributed by atoms with Crippen molar-refractivity contribution in [2.24, 2.45) is 0 Å². The number of nitrogens with zero attached hydrogens (tertiary/aromatic N) is 2. The molecule has 0 unspecified atom stereocenters. The van der Waals surface area contributed by atoms with Crippen LogP contribution in [0.15, 0.2) is 54.9 Å². The van der Waals surface area contributed by atoms with Gasteiger partial charge in [0.2, 0.25) is 0 Å². The molecule has 2 saturated heterocycles. The molecule has 0 saturated carbocycles. The molecule has 2 aliphatic heterocycles. The van der Waals surface area contributed by atoms with Crippen molar-refractivity contribution in [3.8, 4) is 0 Å². The van der Waals surface area contributed by atoms with Crippen LogP contribution in [0.3, 0.4) is 0 Å². The molecule has 0 aliphatic carbocycles. The fourth-order valence-electron chi connectivity index (χ4n) is 4.21. The lowest BCUT2D eigenvalue weighted by atomic mass is 9.89. The third-order valence-electron chi connectivity index (χ3n) is 5.35. The molecular formula is C20H23N3O. The van der Waals surface area contributed by atoms with E-state index < -0.39 is 0 Å². The van der Waals surface area contributed by atoms with Crippen LogP contribution in [-0.4, -0.2) is 41.0 Å². The highest BCUT2D eigenvalue weighted by molar-refractivity contribution is 5.94. The summed E-state index contributed by atoms with van der Waals surface area (Å²) in [5, 5.41) is 3.67. The molecule has 0 spiro atoms. The molecule has 1 aromatic heterocycles. The Hall–Kier alpha value is -2.20. The topological polar surface area (TPSA) is 45.2 Å². The summed E-state index contributed by atoms with van der Waals surface area (Å²) in [4.78, 5) is 19.4. The van der Waals surface area contributed by atoms with E-state index in [1.165, 1.54) is 12.0 Å². The van der Waals surface area contributed by atoms with Crippen LogP contribution in [-0.2, 0) is 0 Å². The van der Waals surface area contributed by atoms with Crippen LogP contribution >= 0.6 is 0 Å². The van der Waals surface area contributed by atoms with Gasteiger partial charge in [-0.25, -0.2) is 0 Å². The molecule has 3 heterocycles. The zero-order valence-corrected chi connectivity index (χ0v) is 13.8. The first-order valence-electron chi connectivity index (χ1n) is 8.84. The van der Waals surface area contributed by atoms with Crippen LogP contribution < -0.4 is 5.32 Å². The van der Waals surface area contributed by atoms with Crippen molar-refractivity contribution >= 4 is 5.91 Å². The zero-order valence-electron chi connectivity index (χ0n) is 13.8. The number of hydrogen-bond acceptors (Lipinski definition) is 3. The summed E-state index contributed by atoms with van der Waals surface area (Å²) in [6.07, 6.45) is 6.79. The molecule has 1 amide bonds. The van der Waals surface area contributed by atoms with Gasteiger partial charge < -0.3 is 10.2 Å². The average Bonchev–Trinajstić information content (AvgIpc) is 2.95. The highest BCUT2D eigenvalue weighted by atomic mass is 16.2. The number of nitrogens with one attached hydrogen (secondary N) is 1. The number of carbonyl (C=O) groups excluding carboxylic acids is 1. The average molecular weight is 321 g/mol. The minimum Gasteiger partial charge on any atom is -0.333 e. The molecule has 1 aromatic carbocycles. The summed E-state index contributed by atoms with van der Waals surface area (Å²) in [5.74, 6) is 0.472. The summed E-state index contributed by atoms with van der Waals surface area (Å²) in [7, 11) is 0. The van der Waals surface area contributed by atoms with Gasteiger partial charge in [-0.3, -0.25) is 9.78 Å². The highest BCUT2D eigenvalue weighted by Gasteiger charge is 2.43. The number of fused-ring (bicyclic) bond motifs is 1. The number of pyridine rings is 1. The van der Waals surface area contributed by atoms with Crippen molar-refractivity contribution in [2.45, 2.75) is 37.3 Å². The number of carbonyl (C=O) groups is 1. The molecular weight excluding hydrogens is 298 g/mol. The molecule has 2 fully saturated rings. The fraction of sp³-hybridized carbons (Fsp3) is 0.400. The Morgan fingerprint density at radius 1 is 1.12 bits per heavy atom. The van der Waals surface area contributed by atoms with E-state index in [9.17, 15) is 4.79 Å². The predicted octanol–water partition coefficient (Wildman–Crippen LogP) is 2.83. The molecule has 1 N–H and O–H groups in total. The van der Waals surface area contributed by atoms with Crippen molar-refractivity contribution in [1.29, 1.82) is 0 Å². The van der Waals surface area contributed by atoms with Crippen LogP contribution in [0.1, 0.15) is 41.1 Å². The van der Waals surface area contributed by atoms with Crippen LogP contribution in [0.25, 0.3) is 0 Å². The first kappa shape index (κ1) is 15.3. The van der Waals surface area contributed by atoms with Crippen molar-refractivity contribution in [2.75, 3.05) is 13.1 Å². The fourth-order valence-corrected chi connectivity index (χ4v) is 4.21.